The quantitative estimate of drug-likeness (QED) is 0.925. The molecule has 1 heterocycles. The fraction of sp³-hybridized carbons (Fsp3) is 0.182. The zero-order chi connectivity index (χ0) is 12.6. The summed E-state index contributed by atoms with van der Waals surface area (Å²) >= 11 is 3.24. The molecule has 0 bridgehead atoms. The number of benzene rings is 1. The molecule has 1 aromatic heterocycles. The molecule has 2 aromatic rings. The lowest BCUT2D eigenvalue weighted by molar-refractivity contribution is 0.403. The van der Waals surface area contributed by atoms with E-state index < -0.39 is 0 Å². The molecule has 0 aliphatic heterocycles. The second kappa shape index (κ2) is 4.37. The second-order valence-electron chi connectivity index (χ2n) is 3.49. The minimum atomic E-state index is -0.359. The van der Waals surface area contributed by atoms with Crippen LogP contribution in [0.15, 0.2) is 21.1 Å². The maximum absolute atomic E-state index is 13.7. The highest BCUT2D eigenvalue weighted by atomic mass is 79.9. The molecule has 0 amide bonds. The molecular weight excluding hydrogens is 291 g/mol. The van der Waals surface area contributed by atoms with Gasteiger partial charge in [0.05, 0.1) is 17.1 Å². The standard InChI is InChI=1S/C11H10BrFN2O2/c1-5-7(13)3-6(12)11(16-2)10(5)8-4-9(14)15-17-8/h3-4H,1-2H3,(H2,14,15). The summed E-state index contributed by atoms with van der Waals surface area (Å²) in [6.45, 7) is 1.64. The fourth-order valence-electron chi connectivity index (χ4n) is 1.60. The third-order valence-corrected chi connectivity index (χ3v) is 3.00. The summed E-state index contributed by atoms with van der Waals surface area (Å²) in [5, 5.41) is 3.58. The van der Waals surface area contributed by atoms with Gasteiger partial charge in [0.25, 0.3) is 0 Å². The van der Waals surface area contributed by atoms with Crippen molar-refractivity contribution in [3.63, 3.8) is 0 Å². The Labute approximate surface area is 106 Å². The Balaban J connectivity index is 2.74. The van der Waals surface area contributed by atoms with Crippen molar-refractivity contribution in [1.29, 1.82) is 0 Å². The van der Waals surface area contributed by atoms with Crippen molar-refractivity contribution in [3.05, 3.63) is 28.0 Å². The third kappa shape index (κ3) is 2.00. The van der Waals surface area contributed by atoms with Crippen LogP contribution in [-0.4, -0.2) is 12.3 Å². The molecule has 0 aliphatic carbocycles. The Hall–Kier alpha value is -1.56. The minimum absolute atomic E-state index is 0.238. The van der Waals surface area contributed by atoms with Crippen molar-refractivity contribution in [2.45, 2.75) is 6.92 Å². The summed E-state index contributed by atoms with van der Waals surface area (Å²) in [7, 11) is 1.50. The molecule has 0 aliphatic rings. The third-order valence-electron chi connectivity index (χ3n) is 2.41. The molecule has 0 saturated carbocycles. The minimum Gasteiger partial charge on any atom is -0.495 e. The molecule has 1 aromatic carbocycles. The molecule has 2 N–H and O–H groups in total. The number of hydrogen-bond donors (Lipinski definition) is 1. The van der Waals surface area contributed by atoms with E-state index in [1.807, 2.05) is 0 Å². The second-order valence-corrected chi connectivity index (χ2v) is 4.34. The normalized spacial score (nSPS) is 10.6. The molecule has 2 rings (SSSR count). The maximum atomic E-state index is 13.7. The molecule has 0 atom stereocenters. The Morgan fingerprint density at radius 3 is 2.71 bits per heavy atom. The van der Waals surface area contributed by atoms with E-state index in [0.717, 1.165) is 0 Å². The molecule has 0 spiro atoms. The molecule has 0 unspecified atom stereocenters. The molecule has 17 heavy (non-hydrogen) atoms. The molecule has 0 radical (unpaired) electrons. The predicted octanol–water partition coefficient (Wildman–Crippen LogP) is 3.14. The first-order valence-corrected chi connectivity index (χ1v) is 5.59. The van der Waals surface area contributed by atoms with E-state index in [1.54, 1.807) is 6.92 Å². The van der Waals surface area contributed by atoms with Gasteiger partial charge in [-0.05, 0) is 34.5 Å². The van der Waals surface area contributed by atoms with E-state index >= 15 is 0 Å². The number of ether oxygens (including phenoxy) is 1. The highest BCUT2D eigenvalue weighted by molar-refractivity contribution is 9.10. The van der Waals surface area contributed by atoms with Gasteiger partial charge in [-0.15, -0.1) is 0 Å². The Morgan fingerprint density at radius 1 is 1.47 bits per heavy atom. The van der Waals surface area contributed by atoms with Crippen molar-refractivity contribution >= 4 is 21.7 Å². The molecular formula is C11H10BrFN2O2. The highest BCUT2D eigenvalue weighted by Gasteiger charge is 2.20. The predicted molar refractivity (Wildman–Crippen MR) is 65.3 cm³/mol. The van der Waals surface area contributed by atoms with Crippen LogP contribution >= 0.6 is 15.9 Å². The van der Waals surface area contributed by atoms with Gasteiger partial charge in [0, 0.05) is 6.07 Å². The number of halogens is 2. The van der Waals surface area contributed by atoms with Crippen molar-refractivity contribution in [2.24, 2.45) is 0 Å². The van der Waals surface area contributed by atoms with Gasteiger partial charge < -0.3 is 15.0 Å². The Bertz CT molecular complexity index is 569. The highest BCUT2D eigenvalue weighted by Crippen LogP contribution is 2.40. The van der Waals surface area contributed by atoms with Crippen LogP contribution in [0.1, 0.15) is 5.56 Å². The van der Waals surface area contributed by atoms with Gasteiger partial charge in [0.1, 0.15) is 11.6 Å². The lowest BCUT2D eigenvalue weighted by Crippen LogP contribution is -1.95. The van der Waals surface area contributed by atoms with Crippen molar-refractivity contribution < 1.29 is 13.7 Å². The van der Waals surface area contributed by atoms with E-state index in [1.165, 1.54) is 19.2 Å². The van der Waals surface area contributed by atoms with Crippen LogP contribution in [0.4, 0.5) is 10.2 Å². The van der Waals surface area contributed by atoms with Crippen LogP contribution in [0.2, 0.25) is 0 Å². The first kappa shape index (κ1) is 11.9. The van der Waals surface area contributed by atoms with Crippen LogP contribution in [0, 0.1) is 12.7 Å². The summed E-state index contributed by atoms with van der Waals surface area (Å²) in [5.41, 5.74) is 6.40. The van der Waals surface area contributed by atoms with Crippen LogP contribution < -0.4 is 10.5 Å². The average Bonchev–Trinajstić information content (AvgIpc) is 2.69. The van der Waals surface area contributed by atoms with Gasteiger partial charge in [-0.2, -0.15) is 0 Å². The number of anilines is 1. The zero-order valence-corrected chi connectivity index (χ0v) is 10.8. The van der Waals surface area contributed by atoms with Gasteiger partial charge >= 0.3 is 0 Å². The number of nitrogens with two attached hydrogens (primary N) is 1. The summed E-state index contributed by atoms with van der Waals surface area (Å²) in [5.74, 6) is 0.738. The number of aromatic nitrogens is 1. The molecule has 4 nitrogen and oxygen atoms in total. The summed E-state index contributed by atoms with van der Waals surface area (Å²) in [4.78, 5) is 0. The van der Waals surface area contributed by atoms with Gasteiger partial charge in [-0.1, -0.05) is 5.16 Å². The molecule has 0 saturated heterocycles. The molecule has 0 fully saturated rings. The topological polar surface area (TPSA) is 61.3 Å². The van der Waals surface area contributed by atoms with Gasteiger partial charge in [-0.3, -0.25) is 0 Å². The van der Waals surface area contributed by atoms with Crippen molar-refractivity contribution in [2.75, 3.05) is 12.8 Å². The van der Waals surface area contributed by atoms with Crippen LogP contribution in [0.25, 0.3) is 11.3 Å². The number of nitrogen functional groups attached to an aromatic ring is 1. The average molecular weight is 301 g/mol. The first-order chi connectivity index (χ1) is 8.04. The van der Waals surface area contributed by atoms with E-state index in [9.17, 15) is 4.39 Å². The Kier molecular flexibility index (Phi) is 3.06. The largest absolute Gasteiger partial charge is 0.495 e. The van der Waals surface area contributed by atoms with Crippen LogP contribution in [-0.2, 0) is 0 Å². The lowest BCUT2D eigenvalue weighted by Gasteiger charge is -2.11. The van der Waals surface area contributed by atoms with E-state index in [-0.39, 0.29) is 11.6 Å². The number of nitrogens with zero attached hydrogens (tertiary/aromatic N) is 1. The SMILES string of the molecule is COc1c(Br)cc(F)c(C)c1-c1cc(N)no1. The fourth-order valence-corrected chi connectivity index (χ4v) is 2.16. The zero-order valence-electron chi connectivity index (χ0n) is 9.25. The number of hydrogen-bond acceptors (Lipinski definition) is 4. The summed E-state index contributed by atoms with van der Waals surface area (Å²) < 4.78 is 24.5. The lowest BCUT2D eigenvalue weighted by atomic mass is 10.0. The van der Waals surface area contributed by atoms with E-state index in [2.05, 4.69) is 21.1 Å². The van der Waals surface area contributed by atoms with Gasteiger partial charge in [0.2, 0.25) is 0 Å². The number of methoxy groups -OCH3 is 1. The van der Waals surface area contributed by atoms with Crippen molar-refractivity contribution in [3.8, 4) is 17.1 Å². The van der Waals surface area contributed by atoms with Crippen molar-refractivity contribution in [1.82, 2.24) is 5.16 Å². The van der Waals surface area contributed by atoms with Crippen LogP contribution in [0.5, 0.6) is 5.75 Å². The summed E-state index contributed by atoms with van der Waals surface area (Å²) in [6.07, 6.45) is 0. The van der Waals surface area contributed by atoms with E-state index in [0.29, 0.717) is 27.1 Å². The van der Waals surface area contributed by atoms with Gasteiger partial charge in [0.15, 0.2) is 11.6 Å². The summed E-state index contributed by atoms with van der Waals surface area (Å²) in [6, 6.07) is 2.87. The van der Waals surface area contributed by atoms with E-state index in [4.69, 9.17) is 15.0 Å². The first-order valence-electron chi connectivity index (χ1n) is 4.79. The monoisotopic (exact) mass is 300 g/mol. The van der Waals surface area contributed by atoms with Gasteiger partial charge in [-0.25, -0.2) is 4.39 Å². The maximum Gasteiger partial charge on any atom is 0.173 e. The van der Waals surface area contributed by atoms with Crippen LogP contribution in [0.3, 0.4) is 0 Å². The smallest absolute Gasteiger partial charge is 0.173 e. The molecule has 6 heteroatoms. The Morgan fingerprint density at radius 2 is 2.18 bits per heavy atom. The molecule has 90 valence electrons. The number of rotatable bonds is 2.